The van der Waals surface area contributed by atoms with Crippen LogP contribution in [0.1, 0.15) is 17.7 Å². The number of benzene rings is 2. The Hall–Kier alpha value is -1.98. The van der Waals surface area contributed by atoms with Crippen molar-refractivity contribution >= 4 is 17.0 Å². The Labute approximate surface area is 133 Å². The van der Waals surface area contributed by atoms with Crippen LogP contribution in [0.2, 0.25) is 0 Å². The number of ketones is 1. The molecule has 0 heterocycles. The van der Waals surface area contributed by atoms with Crippen molar-refractivity contribution in [2.45, 2.75) is 17.1 Å². The summed E-state index contributed by atoms with van der Waals surface area (Å²) < 4.78 is 23.2. The quantitative estimate of drug-likeness (QED) is 0.768. The first kappa shape index (κ1) is 16.4. The fourth-order valence-electron chi connectivity index (χ4n) is 2.22. The van der Waals surface area contributed by atoms with Crippen LogP contribution in [0.5, 0.6) is 11.5 Å². The summed E-state index contributed by atoms with van der Waals surface area (Å²) in [6, 6.07) is 14.1. The number of carbonyl (C=O) groups excluding carboxylic acids is 1. The number of ether oxygens (including phenoxy) is 2. The predicted molar refractivity (Wildman–Crippen MR) is 85.8 cm³/mol. The number of hydrogen-bond acceptors (Lipinski definition) is 4. The maximum Gasteiger partial charge on any atom is 0.203 e. The maximum absolute atomic E-state index is 12.8. The third-order valence-electron chi connectivity index (χ3n) is 3.27. The summed E-state index contributed by atoms with van der Waals surface area (Å²) >= 11 is -1.47. The SMILES string of the molecule is COc1ccc(C(C(C)=O)[S+]([O-])c2ccccc2)cc1OC. The summed E-state index contributed by atoms with van der Waals surface area (Å²) in [6.07, 6.45) is 0. The van der Waals surface area contributed by atoms with Gasteiger partial charge in [-0.15, -0.1) is 0 Å². The summed E-state index contributed by atoms with van der Waals surface area (Å²) in [5.41, 5.74) is 0.646. The molecule has 0 spiro atoms. The van der Waals surface area contributed by atoms with Crippen molar-refractivity contribution in [1.29, 1.82) is 0 Å². The molecule has 0 amide bonds. The van der Waals surface area contributed by atoms with Crippen molar-refractivity contribution < 1.29 is 18.8 Å². The molecule has 4 nitrogen and oxygen atoms in total. The number of hydrogen-bond donors (Lipinski definition) is 0. The Bertz CT molecular complexity index is 642. The van der Waals surface area contributed by atoms with Crippen LogP contribution in [0.25, 0.3) is 0 Å². The van der Waals surface area contributed by atoms with Crippen LogP contribution in [0, 0.1) is 0 Å². The zero-order valence-electron chi connectivity index (χ0n) is 12.7. The van der Waals surface area contributed by atoms with Crippen LogP contribution in [0.4, 0.5) is 0 Å². The molecule has 0 bridgehead atoms. The third-order valence-corrected chi connectivity index (χ3v) is 5.04. The van der Waals surface area contributed by atoms with E-state index in [9.17, 15) is 9.35 Å². The average molecular weight is 318 g/mol. The number of rotatable bonds is 6. The van der Waals surface area contributed by atoms with Crippen LogP contribution in [0.15, 0.2) is 53.4 Å². The molecule has 2 rings (SSSR count). The lowest BCUT2D eigenvalue weighted by Crippen LogP contribution is -2.20. The molecule has 0 aliphatic carbocycles. The van der Waals surface area contributed by atoms with Crippen molar-refractivity contribution in [1.82, 2.24) is 0 Å². The number of Topliss-reactive ketones (excluding diaryl/α,β-unsaturated/α-hetero) is 1. The fraction of sp³-hybridized carbons (Fsp3) is 0.235. The molecule has 0 aromatic heterocycles. The summed E-state index contributed by atoms with van der Waals surface area (Å²) in [5, 5.41) is -0.734. The fourth-order valence-corrected chi connectivity index (χ4v) is 3.61. The molecular weight excluding hydrogens is 300 g/mol. The van der Waals surface area contributed by atoms with E-state index in [4.69, 9.17) is 9.47 Å². The summed E-state index contributed by atoms with van der Waals surface area (Å²) in [4.78, 5) is 12.7. The second-order valence-electron chi connectivity index (χ2n) is 4.72. The first-order chi connectivity index (χ1) is 10.6. The van der Waals surface area contributed by atoms with E-state index in [0.29, 0.717) is 22.0 Å². The van der Waals surface area contributed by atoms with Crippen molar-refractivity contribution in [3.8, 4) is 11.5 Å². The Kier molecular flexibility index (Phi) is 5.46. The van der Waals surface area contributed by atoms with Crippen molar-refractivity contribution in [2.75, 3.05) is 14.2 Å². The van der Waals surface area contributed by atoms with E-state index in [0.717, 1.165) is 0 Å². The summed E-state index contributed by atoms with van der Waals surface area (Å²) in [6.45, 7) is 1.45. The molecule has 0 saturated heterocycles. The highest BCUT2D eigenvalue weighted by Gasteiger charge is 2.31. The molecule has 2 aromatic rings. The molecule has 5 heteroatoms. The lowest BCUT2D eigenvalue weighted by Gasteiger charge is -2.20. The topological polar surface area (TPSA) is 58.6 Å². The Morgan fingerprint density at radius 2 is 1.68 bits per heavy atom. The van der Waals surface area contributed by atoms with Gasteiger partial charge in [-0.3, -0.25) is 4.79 Å². The Morgan fingerprint density at radius 1 is 1.05 bits per heavy atom. The molecular formula is C17H18O4S. The Morgan fingerprint density at radius 3 is 2.23 bits per heavy atom. The average Bonchev–Trinajstić information content (AvgIpc) is 2.55. The summed E-state index contributed by atoms with van der Waals surface area (Å²) in [5.74, 6) is 0.921. The molecule has 0 saturated carbocycles. The van der Waals surface area contributed by atoms with Gasteiger partial charge in [0.2, 0.25) is 5.25 Å². The molecule has 0 fully saturated rings. The molecule has 0 aliphatic rings. The standard InChI is InChI=1S/C17H18O4S/c1-12(18)17(22(19)14-7-5-4-6-8-14)13-9-10-15(20-2)16(11-13)21-3/h4-11,17H,1-3H3. The smallest absolute Gasteiger partial charge is 0.203 e. The Balaban J connectivity index is 2.42. The molecule has 0 radical (unpaired) electrons. The van der Waals surface area contributed by atoms with Gasteiger partial charge in [0.15, 0.2) is 22.2 Å². The minimum atomic E-state index is -1.47. The molecule has 0 aliphatic heterocycles. The first-order valence-corrected chi connectivity index (χ1v) is 7.97. The lowest BCUT2D eigenvalue weighted by molar-refractivity contribution is -0.116. The van der Waals surface area contributed by atoms with Gasteiger partial charge in [-0.1, -0.05) is 18.2 Å². The van der Waals surface area contributed by atoms with Crippen molar-refractivity contribution in [2.24, 2.45) is 0 Å². The van der Waals surface area contributed by atoms with Gasteiger partial charge in [0.1, 0.15) is 0 Å². The molecule has 116 valence electrons. The van der Waals surface area contributed by atoms with Crippen LogP contribution in [0.3, 0.4) is 0 Å². The minimum Gasteiger partial charge on any atom is -0.611 e. The van der Waals surface area contributed by atoms with Crippen molar-refractivity contribution in [3.05, 3.63) is 54.1 Å². The van der Waals surface area contributed by atoms with Gasteiger partial charge in [-0.2, -0.15) is 0 Å². The van der Waals surface area contributed by atoms with E-state index in [-0.39, 0.29) is 5.78 Å². The molecule has 2 atom stereocenters. The monoisotopic (exact) mass is 318 g/mol. The van der Waals surface area contributed by atoms with Gasteiger partial charge in [-0.25, -0.2) is 0 Å². The van der Waals surface area contributed by atoms with Gasteiger partial charge in [0, 0.05) is 23.7 Å². The number of methoxy groups -OCH3 is 2. The zero-order chi connectivity index (χ0) is 16.1. The second kappa shape index (κ2) is 7.33. The predicted octanol–water partition coefficient (Wildman–Crippen LogP) is 3.14. The van der Waals surface area contributed by atoms with E-state index in [2.05, 4.69) is 0 Å². The second-order valence-corrected chi connectivity index (χ2v) is 6.25. The minimum absolute atomic E-state index is 0.158. The van der Waals surface area contributed by atoms with Gasteiger partial charge in [0.05, 0.1) is 14.2 Å². The number of carbonyl (C=O) groups is 1. The largest absolute Gasteiger partial charge is 0.611 e. The molecule has 22 heavy (non-hydrogen) atoms. The zero-order valence-corrected chi connectivity index (χ0v) is 13.6. The van der Waals surface area contributed by atoms with Gasteiger partial charge >= 0.3 is 0 Å². The third kappa shape index (κ3) is 3.43. The summed E-state index contributed by atoms with van der Waals surface area (Å²) in [7, 11) is 3.07. The highest BCUT2D eigenvalue weighted by atomic mass is 32.2. The van der Waals surface area contributed by atoms with E-state index < -0.39 is 16.4 Å². The van der Waals surface area contributed by atoms with Crippen LogP contribution < -0.4 is 9.47 Å². The van der Waals surface area contributed by atoms with Crippen molar-refractivity contribution in [3.63, 3.8) is 0 Å². The molecule has 2 unspecified atom stereocenters. The first-order valence-electron chi connectivity index (χ1n) is 6.76. The highest BCUT2D eigenvalue weighted by Crippen LogP contribution is 2.35. The molecule has 2 aromatic carbocycles. The van der Waals surface area contributed by atoms with Gasteiger partial charge in [-0.05, 0) is 30.3 Å². The molecule has 0 N–H and O–H groups in total. The lowest BCUT2D eigenvalue weighted by atomic mass is 10.1. The normalized spacial score (nSPS) is 13.3. The van der Waals surface area contributed by atoms with Gasteiger partial charge < -0.3 is 14.0 Å². The van der Waals surface area contributed by atoms with Gasteiger partial charge in [0.25, 0.3) is 0 Å². The van der Waals surface area contributed by atoms with Crippen LogP contribution in [-0.2, 0) is 16.0 Å². The van der Waals surface area contributed by atoms with E-state index in [1.807, 2.05) is 6.07 Å². The van der Waals surface area contributed by atoms with Crippen LogP contribution >= 0.6 is 0 Å². The maximum atomic E-state index is 12.8. The van der Waals surface area contributed by atoms with E-state index in [1.165, 1.54) is 14.0 Å². The van der Waals surface area contributed by atoms with E-state index >= 15 is 0 Å². The van der Waals surface area contributed by atoms with Crippen LogP contribution in [-0.4, -0.2) is 24.6 Å². The highest BCUT2D eigenvalue weighted by molar-refractivity contribution is 7.92. The van der Waals surface area contributed by atoms with E-state index in [1.54, 1.807) is 49.6 Å².